The maximum Gasteiger partial charge on any atom is 0.331 e. The van der Waals surface area contributed by atoms with Gasteiger partial charge in [-0.15, -0.1) is 0 Å². The molecule has 0 bridgehead atoms. The zero-order valence-electron chi connectivity index (χ0n) is 9.20. The standard InChI is InChI=1S/C10H17NO4/c1-4-8(5-12)11-9(13)6(2)7(3)10(14)15/h8,12H,4-5H2,1-3H3,(H,11,13)(H,14,15)/t8-/m1/s1. The van der Waals surface area contributed by atoms with Crippen molar-refractivity contribution < 1.29 is 19.8 Å². The summed E-state index contributed by atoms with van der Waals surface area (Å²) in [5.74, 6) is -1.56. The van der Waals surface area contributed by atoms with Gasteiger partial charge in [0.05, 0.1) is 12.6 Å². The van der Waals surface area contributed by atoms with Crippen LogP contribution in [-0.4, -0.2) is 34.7 Å². The summed E-state index contributed by atoms with van der Waals surface area (Å²) in [5.41, 5.74) is 0.176. The fourth-order valence-electron chi connectivity index (χ4n) is 0.901. The van der Waals surface area contributed by atoms with Crippen LogP contribution in [0, 0.1) is 0 Å². The third-order valence-electron chi connectivity index (χ3n) is 2.27. The summed E-state index contributed by atoms with van der Waals surface area (Å²) < 4.78 is 0. The lowest BCUT2D eigenvalue weighted by molar-refractivity contribution is -0.133. The van der Waals surface area contributed by atoms with Crippen LogP contribution in [0.5, 0.6) is 0 Å². The van der Waals surface area contributed by atoms with E-state index in [1.807, 2.05) is 6.92 Å². The van der Waals surface area contributed by atoms with Crippen LogP contribution in [-0.2, 0) is 9.59 Å². The number of carbonyl (C=O) groups is 2. The highest BCUT2D eigenvalue weighted by molar-refractivity contribution is 6.01. The summed E-state index contributed by atoms with van der Waals surface area (Å²) in [6.45, 7) is 4.49. The molecular formula is C10H17NO4. The van der Waals surface area contributed by atoms with Crippen LogP contribution in [0.25, 0.3) is 0 Å². The number of carboxylic acids is 1. The number of aliphatic carboxylic acids is 1. The Bertz CT molecular complexity index is 279. The molecule has 1 atom stereocenters. The van der Waals surface area contributed by atoms with Gasteiger partial charge in [-0.1, -0.05) is 6.92 Å². The third kappa shape index (κ3) is 4.12. The predicted octanol–water partition coefficient (Wildman–Crippen LogP) is 0.295. The van der Waals surface area contributed by atoms with E-state index in [2.05, 4.69) is 5.32 Å². The number of nitrogens with one attached hydrogen (secondary N) is 1. The summed E-state index contributed by atoms with van der Waals surface area (Å²) in [4.78, 5) is 22.1. The average molecular weight is 215 g/mol. The van der Waals surface area contributed by atoms with Crippen LogP contribution in [0.3, 0.4) is 0 Å². The molecule has 0 aliphatic carbocycles. The highest BCUT2D eigenvalue weighted by Crippen LogP contribution is 2.04. The van der Waals surface area contributed by atoms with Crippen molar-refractivity contribution in [3.8, 4) is 0 Å². The van der Waals surface area contributed by atoms with Crippen molar-refractivity contribution in [1.29, 1.82) is 0 Å². The van der Waals surface area contributed by atoms with E-state index in [4.69, 9.17) is 10.2 Å². The lowest BCUT2D eigenvalue weighted by Crippen LogP contribution is -2.37. The molecule has 0 unspecified atom stereocenters. The molecule has 0 fully saturated rings. The first-order chi connectivity index (χ1) is 6.93. The van der Waals surface area contributed by atoms with Gasteiger partial charge in [-0.2, -0.15) is 0 Å². The quantitative estimate of drug-likeness (QED) is 0.575. The number of carbonyl (C=O) groups excluding carboxylic acids is 1. The minimum Gasteiger partial charge on any atom is -0.478 e. The second kappa shape index (κ2) is 6.19. The minimum absolute atomic E-state index is 0.0142. The number of aliphatic hydroxyl groups excluding tert-OH is 1. The second-order valence-electron chi connectivity index (χ2n) is 3.32. The fraction of sp³-hybridized carbons (Fsp3) is 0.600. The summed E-state index contributed by atoms with van der Waals surface area (Å²) in [5, 5.41) is 20.1. The Morgan fingerprint density at radius 3 is 2.13 bits per heavy atom. The molecule has 0 rings (SSSR count). The fourth-order valence-corrected chi connectivity index (χ4v) is 0.901. The smallest absolute Gasteiger partial charge is 0.331 e. The molecule has 0 saturated carbocycles. The van der Waals surface area contributed by atoms with Gasteiger partial charge in [-0.3, -0.25) is 4.79 Å². The van der Waals surface area contributed by atoms with Crippen molar-refractivity contribution in [2.75, 3.05) is 6.61 Å². The predicted molar refractivity (Wildman–Crippen MR) is 55.3 cm³/mol. The molecule has 0 aliphatic heterocycles. The first-order valence-corrected chi connectivity index (χ1v) is 4.76. The largest absolute Gasteiger partial charge is 0.478 e. The monoisotopic (exact) mass is 215 g/mol. The normalized spacial score (nSPS) is 14.1. The van der Waals surface area contributed by atoms with E-state index in [0.717, 1.165) is 0 Å². The molecule has 0 heterocycles. The van der Waals surface area contributed by atoms with Gasteiger partial charge in [0.15, 0.2) is 0 Å². The number of hydrogen-bond donors (Lipinski definition) is 3. The van der Waals surface area contributed by atoms with Gasteiger partial charge in [-0.25, -0.2) is 4.79 Å². The van der Waals surface area contributed by atoms with Crippen molar-refractivity contribution in [3.63, 3.8) is 0 Å². The van der Waals surface area contributed by atoms with Gasteiger partial charge in [-0.05, 0) is 20.3 Å². The van der Waals surface area contributed by atoms with Gasteiger partial charge < -0.3 is 15.5 Å². The zero-order chi connectivity index (χ0) is 12.0. The van der Waals surface area contributed by atoms with Gasteiger partial charge in [0.25, 0.3) is 0 Å². The number of hydrogen-bond acceptors (Lipinski definition) is 3. The van der Waals surface area contributed by atoms with Crippen LogP contribution in [0.15, 0.2) is 11.1 Å². The second-order valence-corrected chi connectivity index (χ2v) is 3.32. The summed E-state index contributed by atoms with van der Waals surface area (Å²) in [6.07, 6.45) is 0.599. The Morgan fingerprint density at radius 2 is 1.80 bits per heavy atom. The summed E-state index contributed by atoms with van der Waals surface area (Å²) >= 11 is 0. The van der Waals surface area contributed by atoms with Crippen molar-refractivity contribution in [3.05, 3.63) is 11.1 Å². The maximum absolute atomic E-state index is 11.5. The molecule has 0 aromatic rings. The number of aliphatic hydroxyl groups is 1. The summed E-state index contributed by atoms with van der Waals surface area (Å²) in [7, 11) is 0. The molecule has 0 radical (unpaired) electrons. The van der Waals surface area contributed by atoms with E-state index in [0.29, 0.717) is 6.42 Å². The molecule has 0 spiro atoms. The van der Waals surface area contributed by atoms with Crippen molar-refractivity contribution >= 4 is 11.9 Å². The molecule has 0 aliphatic rings. The van der Waals surface area contributed by atoms with Crippen LogP contribution in [0.1, 0.15) is 27.2 Å². The Balaban J connectivity index is 4.59. The minimum atomic E-state index is -1.11. The first-order valence-electron chi connectivity index (χ1n) is 4.76. The van der Waals surface area contributed by atoms with Crippen LogP contribution >= 0.6 is 0 Å². The first kappa shape index (κ1) is 13.6. The molecule has 3 N–H and O–H groups in total. The Labute approximate surface area is 88.8 Å². The van der Waals surface area contributed by atoms with E-state index in [9.17, 15) is 9.59 Å². The number of carboxylic acid groups (broad SMARTS) is 1. The van der Waals surface area contributed by atoms with E-state index in [-0.39, 0.29) is 23.8 Å². The van der Waals surface area contributed by atoms with Gasteiger partial charge in [0.1, 0.15) is 0 Å². The summed E-state index contributed by atoms with van der Waals surface area (Å²) in [6, 6.07) is -0.325. The average Bonchev–Trinajstić information content (AvgIpc) is 2.23. The number of rotatable bonds is 5. The van der Waals surface area contributed by atoms with Gasteiger partial charge in [0.2, 0.25) is 5.91 Å². The van der Waals surface area contributed by atoms with Crippen molar-refractivity contribution in [2.45, 2.75) is 33.2 Å². The molecule has 15 heavy (non-hydrogen) atoms. The molecule has 0 aromatic carbocycles. The Morgan fingerprint density at radius 1 is 1.27 bits per heavy atom. The third-order valence-corrected chi connectivity index (χ3v) is 2.27. The molecule has 0 saturated heterocycles. The molecule has 1 amide bonds. The van der Waals surface area contributed by atoms with E-state index in [1.165, 1.54) is 13.8 Å². The molecule has 5 nitrogen and oxygen atoms in total. The van der Waals surface area contributed by atoms with Gasteiger partial charge >= 0.3 is 5.97 Å². The zero-order valence-corrected chi connectivity index (χ0v) is 9.20. The van der Waals surface area contributed by atoms with Crippen molar-refractivity contribution in [1.82, 2.24) is 5.32 Å². The lowest BCUT2D eigenvalue weighted by Gasteiger charge is -2.14. The molecule has 5 heteroatoms. The van der Waals surface area contributed by atoms with E-state index in [1.54, 1.807) is 0 Å². The molecule has 86 valence electrons. The topological polar surface area (TPSA) is 86.6 Å². The van der Waals surface area contributed by atoms with Crippen LogP contribution < -0.4 is 5.32 Å². The Kier molecular flexibility index (Phi) is 5.62. The highest BCUT2D eigenvalue weighted by Gasteiger charge is 2.15. The van der Waals surface area contributed by atoms with E-state index < -0.39 is 11.9 Å². The molecular weight excluding hydrogens is 198 g/mol. The Hall–Kier alpha value is -1.36. The molecule has 0 aromatic heterocycles. The van der Waals surface area contributed by atoms with E-state index >= 15 is 0 Å². The number of amides is 1. The van der Waals surface area contributed by atoms with Crippen molar-refractivity contribution in [2.24, 2.45) is 0 Å². The highest BCUT2D eigenvalue weighted by atomic mass is 16.4. The van der Waals surface area contributed by atoms with Crippen LogP contribution in [0.4, 0.5) is 0 Å². The maximum atomic E-state index is 11.5. The SMILES string of the molecule is CC[C@H](CO)NC(=O)C(C)=C(C)C(=O)O. The van der Waals surface area contributed by atoms with Gasteiger partial charge in [0, 0.05) is 11.1 Å². The lowest BCUT2D eigenvalue weighted by atomic mass is 10.1. The van der Waals surface area contributed by atoms with Crippen LogP contribution in [0.2, 0.25) is 0 Å².